The van der Waals surface area contributed by atoms with Gasteiger partial charge >= 0.3 is 0 Å². The molecule has 0 radical (unpaired) electrons. The van der Waals surface area contributed by atoms with E-state index in [1.165, 1.54) is 0 Å². The number of nitrogens with one attached hydrogen (secondary N) is 1. The van der Waals surface area contributed by atoms with Crippen molar-refractivity contribution in [2.75, 3.05) is 73.0 Å². The van der Waals surface area contributed by atoms with E-state index in [2.05, 4.69) is 41.0 Å². The highest BCUT2D eigenvalue weighted by Gasteiger charge is 2.18. The molecule has 0 aromatic heterocycles. The zero-order chi connectivity index (χ0) is 14.1. The fraction of sp³-hybridized carbons (Fsp3) is 1.00. The molecular weight excluding hydrogens is 240 g/mol. The summed E-state index contributed by atoms with van der Waals surface area (Å²) in [5, 5.41) is 13.2. The molecule has 0 bridgehead atoms. The van der Waals surface area contributed by atoms with E-state index in [4.69, 9.17) is 0 Å². The van der Waals surface area contributed by atoms with Crippen molar-refractivity contribution >= 4 is 0 Å². The second-order valence-electron chi connectivity index (χ2n) is 5.80. The van der Waals surface area contributed by atoms with Gasteiger partial charge in [0, 0.05) is 52.4 Å². The smallest absolute Gasteiger partial charge is 0.0791 e. The highest BCUT2D eigenvalue weighted by molar-refractivity contribution is 4.75. The predicted octanol–water partition coefficient (Wildman–Crippen LogP) is -0.474. The van der Waals surface area contributed by atoms with Gasteiger partial charge in [0.2, 0.25) is 0 Å². The highest BCUT2D eigenvalue weighted by Crippen LogP contribution is 2.02. The van der Waals surface area contributed by atoms with Crippen molar-refractivity contribution in [3.63, 3.8) is 0 Å². The monoisotopic (exact) mass is 272 g/mol. The third kappa shape index (κ3) is 7.84. The maximum absolute atomic E-state index is 9.95. The number of β-amino-alcohol motifs (C(OH)–C–C–N with tert-alkyl or cyclic N) is 1. The third-order valence-electron chi connectivity index (χ3n) is 3.60. The molecule has 0 amide bonds. The Labute approximate surface area is 118 Å². The second kappa shape index (κ2) is 9.66. The van der Waals surface area contributed by atoms with Gasteiger partial charge < -0.3 is 15.3 Å². The van der Waals surface area contributed by atoms with E-state index >= 15 is 0 Å². The summed E-state index contributed by atoms with van der Waals surface area (Å²) in [6, 6.07) is 0. The van der Waals surface area contributed by atoms with Gasteiger partial charge in [0.05, 0.1) is 6.10 Å². The number of nitrogens with zero attached hydrogens (tertiary/aromatic N) is 3. The van der Waals surface area contributed by atoms with Crippen LogP contribution in [-0.2, 0) is 0 Å². The predicted molar refractivity (Wildman–Crippen MR) is 80.6 cm³/mol. The first kappa shape index (κ1) is 16.9. The van der Waals surface area contributed by atoms with Gasteiger partial charge in [-0.05, 0) is 27.1 Å². The van der Waals surface area contributed by atoms with Gasteiger partial charge in [0.1, 0.15) is 0 Å². The fourth-order valence-corrected chi connectivity index (χ4v) is 2.34. The maximum atomic E-state index is 9.95. The lowest BCUT2D eigenvalue weighted by Gasteiger charge is -2.36. The topological polar surface area (TPSA) is 42.0 Å². The molecule has 0 saturated carbocycles. The Bertz CT molecular complexity index is 217. The SMILES string of the molecule is CCCNCC(O)CN1CCN(CCN(C)C)CC1. The number of aliphatic hydroxyl groups excluding tert-OH is 1. The van der Waals surface area contributed by atoms with Crippen LogP contribution < -0.4 is 5.32 Å². The summed E-state index contributed by atoms with van der Waals surface area (Å²) < 4.78 is 0. The van der Waals surface area contributed by atoms with Crippen LogP contribution in [0.3, 0.4) is 0 Å². The van der Waals surface area contributed by atoms with E-state index in [-0.39, 0.29) is 6.10 Å². The van der Waals surface area contributed by atoms with E-state index in [9.17, 15) is 5.11 Å². The number of hydrogen-bond acceptors (Lipinski definition) is 5. The molecule has 5 nitrogen and oxygen atoms in total. The van der Waals surface area contributed by atoms with E-state index in [1.54, 1.807) is 0 Å². The van der Waals surface area contributed by atoms with Crippen molar-refractivity contribution in [3.8, 4) is 0 Å². The van der Waals surface area contributed by atoms with Crippen LogP contribution in [0.1, 0.15) is 13.3 Å². The van der Waals surface area contributed by atoms with Crippen molar-refractivity contribution in [2.24, 2.45) is 0 Å². The minimum atomic E-state index is -0.236. The van der Waals surface area contributed by atoms with Crippen molar-refractivity contribution in [1.82, 2.24) is 20.0 Å². The number of aliphatic hydroxyl groups is 1. The lowest BCUT2D eigenvalue weighted by molar-refractivity contribution is 0.0705. The molecule has 1 rings (SSSR count). The Morgan fingerprint density at radius 2 is 1.79 bits per heavy atom. The minimum absolute atomic E-state index is 0.236. The standard InChI is InChI=1S/C14H32N4O/c1-4-5-15-12-14(19)13-18-10-8-17(9-11-18)7-6-16(2)3/h14-15,19H,4-13H2,1-3H3. The molecule has 114 valence electrons. The summed E-state index contributed by atoms with van der Waals surface area (Å²) in [5.41, 5.74) is 0. The zero-order valence-corrected chi connectivity index (χ0v) is 12.9. The molecule has 5 heteroatoms. The van der Waals surface area contributed by atoms with Gasteiger partial charge in [-0.1, -0.05) is 6.92 Å². The van der Waals surface area contributed by atoms with Crippen molar-refractivity contribution in [2.45, 2.75) is 19.4 Å². The van der Waals surface area contributed by atoms with Crippen LogP contribution in [-0.4, -0.2) is 98.9 Å². The van der Waals surface area contributed by atoms with E-state index in [0.29, 0.717) is 6.54 Å². The van der Waals surface area contributed by atoms with Crippen LogP contribution in [0.2, 0.25) is 0 Å². The minimum Gasteiger partial charge on any atom is -0.390 e. The Morgan fingerprint density at radius 1 is 1.16 bits per heavy atom. The molecule has 1 atom stereocenters. The molecule has 0 aromatic rings. The number of likely N-dealkylation sites (N-methyl/N-ethyl adjacent to an activating group) is 1. The molecule has 0 spiro atoms. The third-order valence-corrected chi connectivity index (χ3v) is 3.60. The van der Waals surface area contributed by atoms with Gasteiger partial charge in [-0.15, -0.1) is 0 Å². The van der Waals surface area contributed by atoms with Gasteiger partial charge in [-0.3, -0.25) is 9.80 Å². The van der Waals surface area contributed by atoms with Crippen molar-refractivity contribution in [3.05, 3.63) is 0 Å². The van der Waals surface area contributed by atoms with Crippen molar-refractivity contribution in [1.29, 1.82) is 0 Å². The highest BCUT2D eigenvalue weighted by atomic mass is 16.3. The Morgan fingerprint density at radius 3 is 2.37 bits per heavy atom. The summed E-state index contributed by atoms with van der Waals surface area (Å²) in [6.45, 7) is 11.4. The van der Waals surface area contributed by atoms with Crippen LogP contribution in [0.4, 0.5) is 0 Å². The second-order valence-corrected chi connectivity index (χ2v) is 5.80. The van der Waals surface area contributed by atoms with Crippen LogP contribution in [0, 0.1) is 0 Å². The lowest BCUT2D eigenvalue weighted by atomic mass is 10.2. The zero-order valence-electron chi connectivity index (χ0n) is 12.9. The molecule has 2 N–H and O–H groups in total. The van der Waals surface area contributed by atoms with Gasteiger partial charge in [-0.2, -0.15) is 0 Å². The van der Waals surface area contributed by atoms with Crippen LogP contribution in [0.25, 0.3) is 0 Å². The van der Waals surface area contributed by atoms with Crippen LogP contribution >= 0.6 is 0 Å². The molecule has 1 aliphatic heterocycles. The first-order valence-electron chi connectivity index (χ1n) is 7.60. The average Bonchev–Trinajstić information content (AvgIpc) is 2.38. The summed E-state index contributed by atoms with van der Waals surface area (Å²) >= 11 is 0. The summed E-state index contributed by atoms with van der Waals surface area (Å²) in [6.07, 6.45) is 0.886. The first-order chi connectivity index (χ1) is 9.11. The molecule has 1 unspecified atom stereocenters. The molecule has 19 heavy (non-hydrogen) atoms. The fourth-order valence-electron chi connectivity index (χ4n) is 2.34. The molecule has 1 saturated heterocycles. The van der Waals surface area contributed by atoms with E-state index in [1.807, 2.05) is 0 Å². The number of rotatable bonds is 9. The molecule has 0 aromatic carbocycles. The Hall–Kier alpha value is -0.200. The number of piperazine rings is 1. The Balaban J connectivity index is 2.08. The lowest BCUT2D eigenvalue weighted by Crippen LogP contribution is -2.50. The molecule has 0 aliphatic carbocycles. The molecule has 1 fully saturated rings. The summed E-state index contributed by atoms with van der Waals surface area (Å²) in [5.74, 6) is 0. The molecule has 1 heterocycles. The molecular formula is C14H32N4O. The maximum Gasteiger partial charge on any atom is 0.0791 e. The van der Waals surface area contributed by atoms with Crippen LogP contribution in [0.15, 0.2) is 0 Å². The normalized spacial score (nSPS) is 20.1. The van der Waals surface area contributed by atoms with Crippen molar-refractivity contribution < 1.29 is 5.11 Å². The quantitative estimate of drug-likeness (QED) is 0.555. The van der Waals surface area contributed by atoms with Gasteiger partial charge in [0.25, 0.3) is 0 Å². The van der Waals surface area contributed by atoms with E-state index < -0.39 is 0 Å². The van der Waals surface area contributed by atoms with Crippen LogP contribution in [0.5, 0.6) is 0 Å². The number of hydrogen-bond donors (Lipinski definition) is 2. The first-order valence-corrected chi connectivity index (χ1v) is 7.60. The molecule has 1 aliphatic rings. The average molecular weight is 272 g/mol. The van der Waals surface area contributed by atoms with Gasteiger partial charge in [0.15, 0.2) is 0 Å². The summed E-state index contributed by atoms with van der Waals surface area (Å²) in [4.78, 5) is 7.12. The Kier molecular flexibility index (Phi) is 8.57. The van der Waals surface area contributed by atoms with E-state index in [0.717, 1.165) is 58.8 Å². The van der Waals surface area contributed by atoms with Gasteiger partial charge in [-0.25, -0.2) is 0 Å². The summed E-state index contributed by atoms with van der Waals surface area (Å²) in [7, 11) is 4.24. The largest absolute Gasteiger partial charge is 0.390 e.